The van der Waals surface area contributed by atoms with Crippen LogP contribution in [0.1, 0.15) is 21.9 Å². The molecule has 0 bridgehead atoms. The first-order chi connectivity index (χ1) is 18.7. The number of thiazole rings is 1. The second kappa shape index (κ2) is 11.0. The van der Waals surface area contributed by atoms with Crippen molar-refractivity contribution in [3.8, 4) is 17.7 Å². The van der Waals surface area contributed by atoms with Gasteiger partial charge < -0.3 is 14.8 Å². The number of aliphatic imine (C=N–C) groups is 1. The predicted molar refractivity (Wildman–Crippen MR) is 153 cm³/mol. The largest absolute Gasteiger partial charge is 0.497 e. The minimum Gasteiger partial charge on any atom is -0.497 e. The Kier molecular flexibility index (Phi) is 7.49. The van der Waals surface area contributed by atoms with E-state index >= 15 is 0 Å². The number of fused-ring (bicyclic) bond motifs is 1. The molecule has 39 heavy (non-hydrogen) atoms. The zero-order valence-electron chi connectivity index (χ0n) is 20.3. The van der Waals surface area contributed by atoms with Gasteiger partial charge in [0.2, 0.25) is 21.8 Å². The minimum absolute atomic E-state index is 0.00481. The number of sulfonamides is 1. The van der Waals surface area contributed by atoms with E-state index in [1.54, 1.807) is 25.5 Å². The maximum absolute atomic E-state index is 11.6. The van der Waals surface area contributed by atoms with Crippen LogP contribution in [0.5, 0.6) is 11.6 Å². The summed E-state index contributed by atoms with van der Waals surface area (Å²) < 4.78 is 35.4. The molecule has 3 N–H and O–H groups in total. The Hall–Kier alpha value is -4.02. The fraction of sp³-hybridized carbons (Fsp3) is 0.0741. The van der Waals surface area contributed by atoms with Crippen molar-refractivity contribution < 1.29 is 17.9 Å². The fourth-order valence-electron chi connectivity index (χ4n) is 3.92. The molecule has 4 aromatic rings. The lowest BCUT2D eigenvalue weighted by Gasteiger charge is -2.22. The fourth-order valence-corrected chi connectivity index (χ4v) is 5.91. The number of nitrogens with zero attached hydrogens (tertiary/aromatic N) is 3. The standard InChI is InChI=1S/C27H20BrN5O4S2/c1-36-20-9-5-17(6-10-20)23-22(14-29)25(31-15-16-3-2-4-18(28)13-16)37-26-24(23)38-27(33-26)32-19-7-11-21(12-8-19)39(30,34)35/h2-13,15,23H,1H3,(H,32,33)(H2,30,34,35)/b31-15+. The van der Waals surface area contributed by atoms with E-state index in [0.717, 1.165) is 20.5 Å². The van der Waals surface area contributed by atoms with Crippen molar-refractivity contribution in [3.63, 3.8) is 0 Å². The molecule has 1 atom stereocenters. The number of nitrogens with one attached hydrogen (secondary N) is 1. The van der Waals surface area contributed by atoms with E-state index in [1.165, 1.54) is 23.5 Å². The maximum atomic E-state index is 11.6. The van der Waals surface area contributed by atoms with Crippen molar-refractivity contribution in [1.29, 1.82) is 5.26 Å². The third-order valence-corrected chi connectivity index (χ3v) is 8.22. The van der Waals surface area contributed by atoms with Crippen molar-refractivity contribution in [2.45, 2.75) is 10.8 Å². The summed E-state index contributed by atoms with van der Waals surface area (Å²) in [6, 6.07) is 23.3. The molecule has 1 aromatic heterocycles. The average Bonchev–Trinajstić information content (AvgIpc) is 3.32. The van der Waals surface area contributed by atoms with E-state index in [0.29, 0.717) is 28.0 Å². The van der Waals surface area contributed by atoms with Crippen LogP contribution in [-0.2, 0) is 10.0 Å². The Morgan fingerprint density at radius 1 is 1.18 bits per heavy atom. The highest BCUT2D eigenvalue weighted by atomic mass is 79.9. The number of primary sulfonamides is 1. The second-order valence-corrected chi connectivity index (χ2v) is 11.8. The predicted octanol–water partition coefficient (Wildman–Crippen LogP) is 5.68. The topological polar surface area (TPSA) is 140 Å². The first-order valence-electron chi connectivity index (χ1n) is 11.4. The molecule has 0 fully saturated rings. The summed E-state index contributed by atoms with van der Waals surface area (Å²) in [6.45, 7) is 0. The zero-order chi connectivity index (χ0) is 27.6. The molecule has 2 heterocycles. The normalized spacial score (nSPS) is 15.0. The van der Waals surface area contributed by atoms with Crippen molar-refractivity contribution in [2.75, 3.05) is 12.4 Å². The molecule has 0 saturated heterocycles. The van der Waals surface area contributed by atoms with Gasteiger partial charge in [-0.15, -0.1) is 0 Å². The van der Waals surface area contributed by atoms with Gasteiger partial charge in [-0.2, -0.15) is 10.2 Å². The second-order valence-electron chi connectivity index (χ2n) is 8.33. The van der Waals surface area contributed by atoms with Gasteiger partial charge in [0, 0.05) is 16.4 Å². The highest BCUT2D eigenvalue weighted by Gasteiger charge is 2.35. The summed E-state index contributed by atoms with van der Waals surface area (Å²) in [7, 11) is -2.21. The third kappa shape index (κ3) is 5.86. The monoisotopic (exact) mass is 621 g/mol. The highest BCUT2D eigenvalue weighted by Crippen LogP contribution is 2.48. The van der Waals surface area contributed by atoms with Crippen molar-refractivity contribution in [3.05, 3.63) is 105 Å². The number of rotatable bonds is 7. The summed E-state index contributed by atoms with van der Waals surface area (Å²) in [5, 5.41) is 19.1. The molecule has 5 rings (SSSR count). The SMILES string of the molecule is COc1ccc(C2C(C#N)=C(/N=C/c3cccc(Br)c3)Oc3nc(Nc4ccc(S(N)(=O)=O)cc4)sc32)cc1. The molecule has 0 spiro atoms. The lowest BCUT2D eigenvalue weighted by atomic mass is 9.89. The van der Waals surface area contributed by atoms with Crippen molar-refractivity contribution in [2.24, 2.45) is 10.1 Å². The quantitative estimate of drug-likeness (QED) is 0.253. The first kappa shape index (κ1) is 26.6. The zero-order valence-corrected chi connectivity index (χ0v) is 23.5. The average molecular weight is 623 g/mol. The number of anilines is 2. The van der Waals surface area contributed by atoms with Crippen LogP contribution in [0, 0.1) is 11.3 Å². The Labute approximate surface area is 237 Å². The molecule has 0 amide bonds. The molecule has 12 heteroatoms. The molecular formula is C27H20BrN5O4S2. The molecule has 0 radical (unpaired) electrons. The summed E-state index contributed by atoms with van der Waals surface area (Å²) in [5.74, 6) is 0.693. The van der Waals surface area contributed by atoms with Crippen LogP contribution in [-0.4, -0.2) is 26.7 Å². The van der Waals surface area contributed by atoms with Crippen molar-refractivity contribution in [1.82, 2.24) is 4.98 Å². The Morgan fingerprint density at radius 2 is 1.92 bits per heavy atom. The molecule has 0 saturated carbocycles. The van der Waals surface area contributed by atoms with Gasteiger partial charge >= 0.3 is 0 Å². The van der Waals surface area contributed by atoms with Crippen LogP contribution in [0.25, 0.3) is 0 Å². The van der Waals surface area contributed by atoms with E-state index in [2.05, 4.69) is 37.3 Å². The molecule has 1 unspecified atom stereocenters. The minimum atomic E-state index is -3.80. The van der Waals surface area contributed by atoms with Crippen LogP contribution in [0.15, 0.2) is 98.6 Å². The lowest BCUT2D eigenvalue weighted by molar-refractivity contribution is 0.384. The van der Waals surface area contributed by atoms with Crippen LogP contribution >= 0.6 is 27.3 Å². The molecular weight excluding hydrogens is 602 g/mol. The Morgan fingerprint density at radius 3 is 2.56 bits per heavy atom. The number of nitrogens with two attached hydrogens (primary N) is 1. The lowest BCUT2D eigenvalue weighted by Crippen LogP contribution is -2.14. The van der Waals surface area contributed by atoms with E-state index in [4.69, 9.17) is 14.6 Å². The van der Waals surface area contributed by atoms with Crippen LogP contribution in [0.3, 0.4) is 0 Å². The smallest absolute Gasteiger partial charge is 0.238 e. The van der Waals surface area contributed by atoms with E-state index in [-0.39, 0.29) is 10.8 Å². The summed E-state index contributed by atoms with van der Waals surface area (Å²) >= 11 is 4.78. The van der Waals surface area contributed by atoms with Gasteiger partial charge in [0.05, 0.1) is 22.8 Å². The van der Waals surface area contributed by atoms with E-state index < -0.39 is 15.9 Å². The Bertz CT molecular complexity index is 1740. The van der Waals surface area contributed by atoms with Crippen LogP contribution < -0.4 is 19.9 Å². The number of aromatic nitrogens is 1. The number of allylic oxidation sites excluding steroid dienone is 1. The van der Waals surface area contributed by atoms with Gasteiger partial charge in [-0.05, 0) is 59.7 Å². The molecule has 196 valence electrons. The molecule has 1 aliphatic heterocycles. The van der Waals surface area contributed by atoms with E-state index in [1.807, 2.05) is 48.5 Å². The number of hydrogen-bond acceptors (Lipinski definition) is 9. The van der Waals surface area contributed by atoms with Gasteiger partial charge in [-0.3, -0.25) is 0 Å². The van der Waals surface area contributed by atoms with Gasteiger partial charge in [-0.25, -0.2) is 18.5 Å². The third-order valence-electron chi connectivity index (χ3n) is 5.78. The van der Waals surface area contributed by atoms with Gasteiger partial charge in [0.25, 0.3) is 0 Å². The maximum Gasteiger partial charge on any atom is 0.238 e. The number of hydrogen-bond donors (Lipinski definition) is 2. The van der Waals surface area contributed by atoms with Crippen LogP contribution in [0.2, 0.25) is 0 Å². The molecule has 0 aliphatic carbocycles. The van der Waals surface area contributed by atoms with Gasteiger partial charge in [0.15, 0.2) is 5.13 Å². The van der Waals surface area contributed by atoms with Gasteiger partial charge in [-0.1, -0.05) is 51.5 Å². The van der Waals surface area contributed by atoms with E-state index in [9.17, 15) is 13.7 Å². The highest BCUT2D eigenvalue weighted by molar-refractivity contribution is 9.10. The molecule has 9 nitrogen and oxygen atoms in total. The van der Waals surface area contributed by atoms with Crippen molar-refractivity contribution >= 4 is 54.3 Å². The Balaban J connectivity index is 1.54. The van der Waals surface area contributed by atoms with Gasteiger partial charge in [0.1, 0.15) is 17.4 Å². The number of nitriles is 1. The number of ether oxygens (including phenoxy) is 2. The summed E-state index contributed by atoms with van der Waals surface area (Å²) in [6.07, 6.45) is 1.63. The van der Waals surface area contributed by atoms with Crippen LogP contribution in [0.4, 0.5) is 10.8 Å². The molecule has 3 aromatic carbocycles. The number of methoxy groups -OCH3 is 1. The number of halogens is 1. The summed E-state index contributed by atoms with van der Waals surface area (Å²) in [5.41, 5.74) is 2.62. The molecule has 1 aliphatic rings. The summed E-state index contributed by atoms with van der Waals surface area (Å²) in [4.78, 5) is 9.86. The first-order valence-corrected chi connectivity index (χ1v) is 14.6. The number of benzene rings is 3.